The molecule has 0 radical (unpaired) electrons. The average molecular weight is 239 g/mol. The topological polar surface area (TPSA) is 18.8 Å². The zero-order valence-corrected chi connectivity index (χ0v) is 12.2. The highest BCUT2D eigenvalue weighted by atomic mass is 15.6. The van der Waals surface area contributed by atoms with Crippen molar-refractivity contribution in [3.63, 3.8) is 0 Å². The minimum Gasteiger partial charge on any atom is -0.337 e. The van der Waals surface area contributed by atoms with Gasteiger partial charge in [0.15, 0.2) is 0 Å². The first kappa shape index (κ1) is 14.3. The summed E-state index contributed by atoms with van der Waals surface area (Å²) in [6.45, 7) is 12.4. The molecule has 17 heavy (non-hydrogen) atoms. The lowest BCUT2D eigenvalue weighted by Crippen LogP contribution is -2.46. The van der Waals surface area contributed by atoms with Gasteiger partial charge in [-0.05, 0) is 26.2 Å². The van der Waals surface area contributed by atoms with E-state index in [2.05, 4.69) is 49.6 Å². The predicted octanol–water partition coefficient (Wildman–Crippen LogP) is 3.52. The first-order chi connectivity index (χ1) is 8.07. The van der Waals surface area contributed by atoms with Crippen molar-refractivity contribution >= 4 is 6.34 Å². The Hall–Kier alpha value is -0.730. The van der Waals surface area contributed by atoms with Gasteiger partial charge in [0.2, 0.25) is 0 Å². The Kier molecular flexibility index (Phi) is 5.79. The van der Waals surface area contributed by atoms with Crippen LogP contribution >= 0.6 is 0 Å². The summed E-state index contributed by atoms with van der Waals surface area (Å²) >= 11 is 0. The third kappa shape index (κ3) is 3.90. The van der Waals surface area contributed by atoms with Crippen LogP contribution in [0.4, 0.5) is 0 Å². The molecule has 1 atom stereocenters. The molecule has 0 aromatic rings. The molecule has 1 aliphatic heterocycles. The third-order valence-electron chi connectivity index (χ3n) is 3.38. The molecule has 0 fully saturated rings. The molecule has 1 unspecified atom stereocenters. The van der Waals surface area contributed by atoms with Gasteiger partial charge in [0, 0.05) is 12.6 Å². The summed E-state index contributed by atoms with van der Waals surface area (Å²) in [7, 11) is 0. The fraction of sp³-hybridized carbons (Fsp3) is 0.929. The van der Waals surface area contributed by atoms with Crippen molar-refractivity contribution in [3.05, 3.63) is 0 Å². The van der Waals surface area contributed by atoms with E-state index in [4.69, 9.17) is 0 Å². The van der Waals surface area contributed by atoms with Crippen LogP contribution in [0.2, 0.25) is 0 Å². The third-order valence-corrected chi connectivity index (χ3v) is 3.38. The van der Waals surface area contributed by atoms with E-state index in [1.807, 2.05) is 6.34 Å². The second-order valence-corrected chi connectivity index (χ2v) is 5.65. The van der Waals surface area contributed by atoms with Gasteiger partial charge in [0.1, 0.15) is 12.5 Å². The van der Waals surface area contributed by atoms with Crippen molar-refractivity contribution in [1.82, 2.24) is 9.91 Å². The number of unbranched alkanes of at least 4 members (excludes halogenated alkanes) is 3. The van der Waals surface area contributed by atoms with E-state index in [1.165, 1.54) is 25.7 Å². The van der Waals surface area contributed by atoms with Crippen molar-refractivity contribution in [2.45, 2.75) is 72.5 Å². The first-order valence-corrected chi connectivity index (χ1v) is 7.16. The summed E-state index contributed by atoms with van der Waals surface area (Å²) in [5.74, 6) is 0.617. The van der Waals surface area contributed by atoms with Crippen molar-refractivity contribution in [3.8, 4) is 0 Å². The number of nitrogens with zero attached hydrogens (tertiary/aromatic N) is 3. The molecule has 0 aromatic carbocycles. The molecule has 0 N–H and O–H groups in total. The molecule has 100 valence electrons. The molecule has 0 aliphatic carbocycles. The average Bonchev–Trinajstić information content (AvgIpc) is 2.68. The molecular weight excluding hydrogens is 210 g/mol. The maximum absolute atomic E-state index is 4.57. The Bertz CT molecular complexity index is 236. The van der Waals surface area contributed by atoms with Crippen LogP contribution in [-0.2, 0) is 0 Å². The van der Waals surface area contributed by atoms with Crippen LogP contribution in [0.3, 0.4) is 0 Å². The van der Waals surface area contributed by atoms with Gasteiger partial charge in [-0.3, -0.25) is 5.01 Å². The summed E-state index contributed by atoms with van der Waals surface area (Å²) in [6.07, 6.45) is 7.72. The fourth-order valence-electron chi connectivity index (χ4n) is 2.43. The Balaban J connectivity index is 2.46. The molecule has 3 nitrogen and oxygen atoms in total. The lowest BCUT2D eigenvalue weighted by molar-refractivity contribution is 0.0717. The Labute approximate surface area is 107 Å². The summed E-state index contributed by atoms with van der Waals surface area (Å²) in [5, 5.41) is 6.85. The molecule has 1 heterocycles. The second-order valence-electron chi connectivity index (χ2n) is 5.65. The molecule has 0 amide bonds. The Morgan fingerprint density at radius 1 is 1.12 bits per heavy atom. The fourth-order valence-corrected chi connectivity index (χ4v) is 2.43. The zero-order chi connectivity index (χ0) is 12.8. The van der Waals surface area contributed by atoms with Crippen LogP contribution in [0.25, 0.3) is 0 Å². The summed E-state index contributed by atoms with van der Waals surface area (Å²) in [5.41, 5.74) is 0. The van der Waals surface area contributed by atoms with Gasteiger partial charge in [-0.2, -0.15) is 5.10 Å². The zero-order valence-electron chi connectivity index (χ0n) is 12.2. The monoisotopic (exact) mass is 239 g/mol. The molecule has 3 heteroatoms. The quantitative estimate of drug-likeness (QED) is 0.633. The second kappa shape index (κ2) is 6.87. The first-order valence-electron chi connectivity index (χ1n) is 7.16. The minimum atomic E-state index is 0.455. The van der Waals surface area contributed by atoms with Crippen LogP contribution in [0.1, 0.15) is 60.3 Å². The minimum absolute atomic E-state index is 0.455. The predicted molar refractivity (Wildman–Crippen MR) is 74.9 cm³/mol. The summed E-state index contributed by atoms with van der Waals surface area (Å²) in [4.78, 5) is 2.38. The van der Waals surface area contributed by atoms with Gasteiger partial charge in [-0.15, -0.1) is 0 Å². The van der Waals surface area contributed by atoms with Crippen LogP contribution < -0.4 is 0 Å². The standard InChI is InChI=1S/C14H29N3/c1-6-7-8-9-10-17-14(12(2)3)16(11-15-17)13(4)5/h11-14H,6-10H2,1-5H3. The molecular formula is C14H29N3. The van der Waals surface area contributed by atoms with Crippen molar-refractivity contribution < 1.29 is 0 Å². The van der Waals surface area contributed by atoms with Crippen LogP contribution in [0, 0.1) is 5.92 Å². The molecule has 0 saturated heterocycles. The van der Waals surface area contributed by atoms with E-state index < -0.39 is 0 Å². The van der Waals surface area contributed by atoms with Gasteiger partial charge >= 0.3 is 0 Å². The lowest BCUT2D eigenvalue weighted by atomic mass is 10.1. The van der Waals surface area contributed by atoms with Gasteiger partial charge in [0.25, 0.3) is 0 Å². The van der Waals surface area contributed by atoms with Crippen molar-refractivity contribution in [2.75, 3.05) is 6.54 Å². The van der Waals surface area contributed by atoms with E-state index in [-0.39, 0.29) is 0 Å². The van der Waals surface area contributed by atoms with Crippen molar-refractivity contribution in [1.29, 1.82) is 0 Å². The molecule has 1 rings (SSSR count). The Morgan fingerprint density at radius 2 is 1.82 bits per heavy atom. The smallest absolute Gasteiger partial charge is 0.121 e. The van der Waals surface area contributed by atoms with E-state index in [1.54, 1.807) is 0 Å². The Morgan fingerprint density at radius 3 is 2.35 bits per heavy atom. The van der Waals surface area contributed by atoms with E-state index in [0.29, 0.717) is 18.1 Å². The maximum Gasteiger partial charge on any atom is 0.121 e. The lowest BCUT2D eigenvalue weighted by Gasteiger charge is -2.35. The highest BCUT2D eigenvalue weighted by Gasteiger charge is 2.31. The SMILES string of the molecule is CCCCCCN1N=CN(C(C)C)C1C(C)C. The van der Waals surface area contributed by atoms with Crippen LogP contribution in [0.15, 0.2) is 5.10 Å². The van der Waals surface area contributed by atoms with E-state index in [0.717, 1.165) is 6.54 Å². The summed E-state index contributed by atoms with van der Waals surface area (Å²) in [6, 6.07) is 0.534. The number of hydrogen-bond acceptors (Lipinski definition) is 3. The van der Waals surface area contributed by atoms with Gasteiger partial charge in [-0.25, -0.2) is 0 Å². The number of hydrogen-bond donors (Lipinski definition) is 0. The summed E-state index contributed by atoms with van der Waals surface area (Å²) < 4.78 is 0. The highest BCUT2D eigenvalue weighted by Crippen LogP contribution is 2.22. The van der Waals surface area contributed by atoms with Gasteiger partial charge in [0.05, 0.1) is 0 Å². The van der Waals surface area contributed by atoms with Gasteiger partial charge < -0.3 is 4.90 Å². The van der Waals surface area contributed by atoms with Gasteiger partial charge in [-0.1, -0.05) is 40.0 Å². The molecule has 1 aliphatic rings. The molecule has 0 saturated carbocycles. The van der Waals surface area contributed by atoms with Crippen molar-refractivity contribution in [2.24, 2.45) is 11.0 Å². The van der Waals surface area contributed by atoms with Crippen LogP contribution in [0.5, 0.6) is 0 Å². The van der Waals surface area contributed by atoms with Crippen LogP contribution in [-0.4, -0.2) is 35.0 Å². The largest absolute Gasteiger partial charge is 0.337 e. The normalized spacial score (nSPS) is 20.1. The molecule has 0 spiro atoms. The van der Waals surface area contributed by atoms with E-state index in [9.17, 15) is 0 Å². The van der Waals surface area contributed by atoms with E-state index >= 15 is 0 Å². The highest BCUT2D eigenvalue weighted by molar-refractivity contribution is 5.57. The molecule has 0 bridgehead atoms. The maximum atomic E-state index is 4.57. The molecule has 0 aromatic heterocycles. The number of hydrazone groups is 1. The number of rotatable bonds is 7.